The molecule has 0 fully saturated rings. The molecule has 0 saturated heterocycles. The van der Waals surface area contributed by atoms with E-state index in [2.05, 4.69) is 10.6 Å². The van der Waals surface area contributed by atoms with E-state index in [0.717, 1.165) is 5.75 Å². The van der Waals surface area contributed by atoms with Crippen LogP contribution >= 0.6 is 0 Å². The van der Waals surface area contributed by atoms with Gasteiger partial charge >= 0.3 is 0 Å². The van der Waals surface area contributed by atoms with E-state index in [1.165, 1.54) is 6.07 Å². The fraction of sp³-hybridized carbons (Fsp3) is 0.188. The molecule has 0 spiro atoms. The highest BCUT2D eigenvalue weighted by atomic mass is 19.1. The highest BCUT2D eigenvalue weighted by Crippen LogP contribution is 2.14. The zero-order valence-corrected chi connectivity index (χ0v) is 11.7. The van der Waals surface area contributed by atoms with Crippen molar-refractivity contribution in [3.05, 3.63) is 59.9 Å². The van der Waals surface area contributed by atoms with Crippen molar-refractivity contribution in [3.8, 4) is 5.75 Å². The van der Waals surface area contributed by atoms with Gasteiger partial charge in [-0.3, -0.25) is 4.79 Å². The third-order valence-electron chi connectivity index (χ3n) is 2.93. The second kappa shape index (κ2) is 7.40. The highest BCUT2D eigenvalue weighted by Gasteiger charge is 2.04. The van der Waals surface area contributed by atoms with E-state index >= 15 is 0 Å². The number of ether oxygens (including phenoxy) is 1. The molecule has 0 heterocycles. The molecule has 5 heteroatoms. The van der Waals surface area contributed by atoms with Crippen LogP contribution in [0.2, 0.25) is 0 Å². The second-order valence-electron chi connectivity index (χ2n) is 4.47. The minimum Gasteiger partial charge on any atom is -0.497 e. The summed E-state index contributed by atoms with van der Waals surface area (Å²) in [6.45, 7) is 0.420. The first-order valence-corrected chi connectivity index (χ1v) is 6.57. The number of carbonyl (C=O) groups is 1. The van der Waals surface area contributed by atoms with E-state index < -0.39 is 0 Å². The molecule has 0 radical (unpaired) electrons. The Labute approximate surface area is 122 Å². The molecule has 2 rings (SSSR count). The van der Waals surface area contributed by atoms with Crippen LogP contribution in [0, 0.1) is 5.82 Å². The number of benzene rings is 2. The molecule has 0 atom stereocenters. The summed E-state index contributed by atoms with van der Waals surface area (Å²) in [4.78, 5) is 11.7. The van der Waals surface area contributed by atoms with E-state index in [-0.39, 0.29) is 18.3 Å². The van der Waals surface area contributed by atoms with Crippen LogP contribution in [0.3, 0.4) is 0 Å². The molecule has 2 aromatic carbocycles. The quantitative estimate of drug-likeness (QED) is 0.859. The number of rotatable bonds is 6. The Kier molecular flexibility index (Phi) is 5.29. The molecule has 2 N–H and O–H groups in total. The molecule has 0 saturated carbocycles. The summed E-state index contributed by atoms with van der Waals surface area (Å²) in [6, 6.07) is 13.5. The lowest BCUT2D eigenvalue weighted by atomic mass is 10.2. The number of hydrogen-bond donors (Lipinski definition) is 2. The van der Waals surface area contributed by atoms with Crippen molar-refractivity contribution >= 4 is 11.6 Å². The van der Waals surface area contributed by atoms with Gasteiger partial charge in [0.15, 0.2) is 0 Å². The van der Waals surface area contributed by atoms with Crippen LogP contribution in [0.15, 0.2) is 48.5 Å². The summed E-state index contributed by atoms with van der Waals surface area (Å²) in [5.41, 5.74) is 1.23. The van der Waals surface area contributed by atoms with E-state index in [1.54, 1.807) is 49.6 Å². The minimum absolute atomic E-state index is 0.111. The fourth-order valence-electron chi connectivity index (χ4n) is 1.83. The lowest BCUT2D eigenvalue weighted by Gasteiger charge is -2.08. The van der Waals surface area contributed by atoms with Gasteiger partial charge in [-0.05, 0) is 30.3 Å². The third kappa shape index (κ3) is 4.57. The van der Waals surface area contributed by atoms with Gasteiger partial charge in [0.2, 0.25) is 5.91 Å². The SMILES string of the molecule is COc1ccc(NC(=O)CNCc2ccccc2F)cc1. The number of nitrogens with one attached hydrogen (secondary N) is 2. The van der Waals surface area contributed by atoms with Gasteiger partial charge in [0, 0.05) is 17.8 Å². The van der Waals surface area contributed by atoms with Gasteiger partial charge in [-0.15, -0.1) is 0 Å². The molecular formula is C16H17FN2O2. The standard InChI is InChI=1S/C16H17FN2O2/c1-21-14-8-6-13(7-9-14)19-16(20)11-18-10-12-4-2-3-5-15(12)17/h2-9,18H,10-11H2,1H3,(H,19,20). The maximum absolute atomic E-state index is 13.4. The molecule has 0 aliphatic heterocycles. The van der Waals surface area contributed by atoms with Crippen LogP contribution in [-0.4, -0.2) is 19.6 Å². The van der Waals surface area contributed by atoms with Gasteiger partial charge in [-0.1, -0.05) is 18.2 Å². The van der Waals surface area contributed by atoms with Crippen molar-refractivity contribution in [2.75, 3.05) is 19.0 Å². The zero-order valence-electron chi connectivity index (χ0n) is 11.7. The van der Waals surface area contributed by atoms with Crippen LogP contribution in [0.4, 0.5) is 10.1 Å². The highest BCUT2D eigenvalue weighted by molar-refractivity contribution is 5.92. The average molecular weight is 288 g/mol. The van der Waals surface area contributed by atoms with Crippen molar-refractivity contribution in [2.24, 2.45) is 0 Å². The van der Waals surface area contributed by atoms with Crippen molar-refractivity contribution < 1.29 is 13.9 Å². The number of carbonyl (C=O) groups excluding carboxylic acids is 1. The van der Waals surface area contributed by atoms with Crippen molar-refractivity contribution in [2.45, 2.75) is 6.54 Å². The van der Waals surface area contributed by atoms with Gasteiger partial charge < -0.3 is 15.4 Å². The summed E-state index contributed by atoms with van der Waals surface area (Å²) in [6.07, 6.45) is 0. The summed E-state index contributed by atoms with van der Waals surface area (Å²) >= 11 is 0. The Morgan fingerprint density at radius 3 is 2.52 bits per heavy atom. The molecule has 0 aliphatic carbocycles. The Hall–Kier alpha value is -2.40. The maximum atomic E-state index is 13.4. The molecule has 0 unspecified atom stereocenters. The summed E-state index contributed by atoms with van der Waals surface area (Å²) in [5.74, 6) is 0.266. The van der Waals surface area contributed by atoms with E-state index in [1.807, 2.05) is 0 Å². The summed E-state index contributed by atoms with van der Waals surface area (Å²) in [5, 5.41) is 5.65. The molecule has 1 amide bonds. The number of halogens is 1. The van der Waals surface area contributed by atoms with Crippen LogP contribution in [-0.2, 0) is 11.3 Å². The Balaban J connectivity index is 1.78. The monoisotopic (exact) mass is 288 g/mol. The van der Waals surface area contributed by atoms with E-state index in [0.29, 0.717) is 17.8 Å². The first kappa shape index (κ1) is 15.0. The number of methoxy groups -OCH3 is 1. The number of anilines is 1. The Bertz CT molecular complexity index is 599. The first-order valence-electron chi connectivity index (χ1n) is 6.57. The lowest BCUT2D eigenvalue weighted by Crippen LogP contribution is -2.27. The molecular weight excluding hydrogens is 271 g/mol. The Morgan fingerprint density at radius 2 is 1.86 bits per heavy atom. The van der Waals surface area contributed by atoms with Gasteiger partial charge in [0.25, 0.3) is 0 Å². The van der Waals surface area contributed by atoms with Crippen LogP contribution in [0.25, 0.3) is 0 Å². The smallest absolute Gasteiger partial charge is 0.238 e. The van der Waals surface area contributed by atoms with Crippen LogP contribution in [0.1, 0.15) is 5.56 Å². The van der Waals surface area contributed by atoms with E-state index in [9.17, 15) is 9.18 Å². The fourth-order valence-corrected chi connectivity index (χ4v) is 1.83. The predicted molar refractivity (Wildman–Crippen MR) is 79.7 cm³/mol. The topological polar surface area (TPSA) is 50.4 Å². The Morgan fingerprint density at radius 1 is 1.14 bits per heavy atom. The van der Waals surface area contributed by atoms with E-state index in [4.69, 9.17) is 4.74 Å². The van der Waals surface area contributed by atoms with Crippen molar-refractivity contribution in [3.63, 3.8) is 0 Å². The molecule has 4 nitrogen and oxygen atoms in total. The summed E-state index contributed by atoms with van der Waals surface area (Å²) < 4.78 is 18.4. The second-order valence-corrected chi connectivity index (χ2v) is 4.47. The van der Waals surface area contributed by atoms with Gasteiger partial charge in [0.05, 0.1) is 13.7 Å². The molecule has 0 aromatic heterocycles. The average Bonchev–Trinajstić information content (AvgIpc) is 2.50. The van der Waals surface area contributed by atoms with Gasteiger partial charge in [-0.25, -0.2) is 4.39 Å². The van der Waals surface area contributed by atoms with Crippen LogP contribution in [0.5, 0.6) is 5.75 Å². The van der Waals surface area contributed by atoms with Gasteiger partial charge in [-0.2, -0.15) is 0 Å². The molecule has 0 bridgehead atoms. The number of amides is 1. The normalized spacial score (nSPS) is 10.2. The summed E-state index contributed by atoms with van der Waals surface area (Å²) in [7, 11) is 1.58. The maximum Gasteiger partial charge on any atom is 0.238 e. The van der Waals surface area contributed by atoms with Gasteiger partial charge in [0.1, 0.15) is 11.6 Å². The first-order chi connectivity index (χ1) is 10.2. The largest absolute Gasteiger partial charge is 0.497 e. The molecule has 21 heavy (non-hydrogen) atoms. The van der Waals surface area contributed by atoms with Crippen LogP contribution < -0.4 is 15.4 Å². The zero-order chi connectivity index (χ0) is 15.1. The number of hydrogen-bond acceptors (Lipinski definition) is 3. The third-order valence-corrected chi connectivity index (χ3v) is 2.93. The predicted octanol–water partition coefficient (Wildman–Crippen LogP) is 2.56. The van der Waals surface area contributed by atoms with Crippen molar-refractivity contribution in [1.82, 2.24) is 5.32 Å². The lowest BCUT2D eigenvalue weighted by molar-refractivity contribution is -0.115. The molecule has 110 valence electrons. The molecule has 0 aliphatic rings. The molecule has 2 aromatic rings. The van der Waals surface area contributed by atoms with Crippen molar-refractivity contribution in [1.29, 1.82) is 0 Å². The minimum atomic E-state index is -0.277.